The van der Waals surface area contributed by atoms with Gasteiger partial charge in [-0.3, -0.25) is 0 Å². The van der Waals surface area contributed by atoms with Crippen molar-refractivity contribution in [2.45, 2.75) is 57.7 Å². The molecule has 1 aromatic rings. The fourth-order valence-corrected chi connectivity index (χ4v) is 2.55. The smallest absolute Gasteiger partial charge is 0.159 e. The molecule has 100 valence electrons. The maximum atomic E-state index is 13.0. The number of hydrogen-bond acceptors (Lipinski definition) is 1. The van der Waals surface area contributed by atoms with Crippen molar-refractivity contribution in [2.75, 3.05) is 0 Å². The van der Waals surface area contributed by atoms with Crippen LogP contribution in [0.1, 0.15) is 44.6 Å². The molecule has 0 aromatic heterocycles. The summed E-state index contributed by atoms with van der Waals surface area (Å²) in [6, 6.07) is 4.13. The van der Waals surface area contributed by atoms with Gasteiger partial charge in [-0.15, -0.1) is 0 Å². The number of aryl methyl sites for hydroxylation is 1. The quantitative estimate of drug-likeness (QED) is 0.763. The Bertz CT molecular complexity index is 392. The highest BCUT2D eigenvalue weighted by Gasteiger charge is 2.24. The Hall–Kier alpha value is -0.960. The van der Waals surface area contributed by atoms with E-state index >= 15 is 0 Å². The molecule has 1 aromatic carbocycles. The minimum Gasteiger partial charge on any atom is -0.375 e. The molecule has 1 fully saturated rings. The SMILES string of the molecule is CCCC1CCC(CCc2ccc(F)c(F)c2)O1. The van der Waals surface area contributed by atoms with Crippen molar-refractivity contribution in [1.82, 2.24) is 0 Å². The van der Waals surface area contributed by atoms with E-state index in [0.717, 1.165) is 44.1 Å². The van der Waals surface area contributed by atoms with Crippen molar-refractivity contribution in [1.29, 1.82) is 0 Å². The molecule has 0 aliphatic carbocycles. The average molecular weight is 254 g/mol. The van der Waals surface area contributed by atoms with E-state index in [1.54, 1.807) is 6.07 Å². The van der Waals surface area contributed by atoms with E-state index in [2.05, 4.69) is 6.92 Å². The first-order valence-corrected chi connectivity index (χ1v) is 6.78. The number of halogens is 2. The molecule has 18 heavy (non-hydrogen) atoms. The van der Waals surface area contributed by atoms with Crippen LogP contribution >= 0.6 is 0 Å². The molecule has 1 saturated heterocycles. The second-order valence-electron chi connectivity index (χ2n) is 5.03. The third-order valence-electron chi connectivity index (χ3n) is 3.55. The standard InChI is InChI=1S/C15H20F2O/c1-2-3-12-7-8-13(18-12)6-4-11-5-9-14(16)15(17)10-11/h5,9-10,12-13H,2-4,6-8H2,1H3. The molecule has 1 heterocycles. The molecule has 1 nitrogen and oxygen atoms in total. The first-order chi connectivity index (χ1) is 8.69. The van der Waals surface area contributed by atoms with Crippen LogP contribution in [0.25, 0.3) is 0 Å². The number of benzene rings is 1. The zero-order valence-corrected chi connectivity index (χ0v) is 10.8. The third-order valence-corrected chi connectivity index (χ3v) is 3.55. The second-order valence-corrected chi connectivity index (χ2v) is 5.03. The average Bonchev–Trinajstić information content (AvgIpc) is 2.79. The van der Waals surface area contributed by atoms with E-state index in [1.807, 2.05) is 0 Å². The Balaban J connectivity index is 1.80. The van der Waals surface area contributed by atoms with Crippen molar-refractivity contribution >= 4 is 0 Å². The van der Waals surface area contributed by atoms with E-state index in [9.17, 15) is 8.78 Å². The summed E-state index contributed by atoms with van der Waals surface area (Å²) in [6.07, 6.45) is 6.85. The van der Waals surface area contributed by atoms with Gasteiger partial charge in [0.1, 0.15) is 0 Å². The highest BCUT2D eigenvalue weighted by atomic mass is 19.2. The third kappa shape index (κ3) is 3.52. The van der Waals surface area contributed by atoms with E-state index in [-0.39, 0.29) is 6.10 Å². The molecule has 0 bridgehead atoms. The second kappa shape index (κ2) is 6.28. The fourth-order valence-electron chi connectivity index (χ4n) is 2.55. The van der Waals surface area contributed by atoms with Gasteiger partial charge in [0, 0.05) is 0 Å². The summed E-state index contributed by atoms with van der Waals surface area (Å²) in [5.41, 5.74) is 0.844. The van der Waals surface area contributed by atoms with Crippen LogP contribution in [0.15, 0.2) is 18.2 Å². The van der Waals surface area contributed by atoms with Gasteiger partial charge in [0.05, 0.1) is 12.2 Å². The highest BCUT2D eigenvalue weighted by molar-refractivity contribution is 5.17. The van der Waals surface area contributed by atoms with Crippen LogP contribution < -0.4 is 0 Å². The zero-order valence-electron chi connectivity index (χ0n) is 10.8. The first-order valence-electron chi connectivity index (χ1n) is 6.78. The molecule has 0 amide bonds. The Morgan fingerprint density at radius 2 is 1.83 bits per heavy atom. The molecule has 3 heteroatoms. The van der Waals surface area contributed by atoms with Gasteiger partial charge < -0.3 is 4.74 Å². The lowest BCUT2D eigenvalue weighted by atomic mass is 10.0. The predicted molar refractivity (Wildman–Crippen MR) is 67.5 cm³/mol. The molecule has 2 atom stereocenters. The minimum atomic E-state index is -0.779. The number of rotatable bonds is 5. The number of hydrogen-bond donors (Lipinski definition) is 0. The lowest BCUT2D eigenvalue weighted by Gasteiger charge is -2.13. The van der Waals surface area contributed by atoms with E-state index < -0.39 is 11.6 Å². The summed E-state index contributed by atoms with van der Waals surface area (Å²) in [5, 5.41) is 0. The van der Waals surface area contributed by atoms with Crippen LogP contribution in [-0.2, 0) is 11.2 Å². The molecule has 0 saturated carbocycles. The molecule has 1 aliphatic heterocycles. The molecule has 2 unspecified atom stereocenters. The first kappa shape index (κ1) is 13.5. The van der Waals surface area contributed by atoms with Crippen molar-refractivity contribution in [3.05, 3.63) is 35.4 Å². The van der Waals surface area contributed by atoms with Gasteiger partial charge in [0.2, 0.25) is 0 Å². The Labute approximate surface area is 107 Å². The normalized spacial score (nSPS) is 23.5. The topological polar surface area (TPSA) is 9.23 Å². The monoisotopic (exact) mass is 254 g/mol. The predicted octanol–water partition coefficient (Wildman–Crippen LogP) is 4.25. The summed E-state index contributed by atoms with van der Waals surface area (Å²) >= 11 is 0. The van der Waals surface area contributed by atoms with Gasteiger partial charge in [-0.25, -0.2) is 8.78 Å². The van der Waals surface area contributed by atoms with Gasteiger partial charge in [-0.2, -0.15) is 0 Å². The van der Waals surface area contributed by atoms with Crippen LogP contribution in [-0.4, -0.2) is 12.2 Å². The maximum Gasteiger partial charge on any atom is 0.159 e. The summed E-state index contributed by atoms with van der Waals surface area (Å²) < 4.78 is 31.7. The molecule has 0 spiro atoms. The lowest BCUT2D eigenvalue weighted by Crippen LogP contribution is -2.11. The summed E-state index contributed by atoms with van der Waals surface area (Å²) in [5.74, 6) is -1.54. The molecular weight excluding hydrogens is 234 g/mol. The Kier molecular flexibility index (Phi) is 4.70. The minimum absolute atomic E-state index is 0.287. The lowest BCUT2D eigenvalue weighted by molar-refractivity contribution is 0.0361. The molecule has 0 radical (unpaired) electrons. The summed E-state index contributed by atoms with van der Waals surface area (Å²) in [4.78, 5) is 0. The van der Waals surface area contributed by atoms with Crippen molar-refractivity contribution < 1.29 is 13.5 Å². The van der Waals surface area contributed by atoms with Crippen LogP contribution in [0.2, 0.25) is 0 Å². The van der Waals surface area contributed by atoms with E-state index in [0.29, 0.717) is 6.10 Å². The van der Waals surface area contributed by atoms with Crippen LogP contribution in [0.3, 0.4) is 0 Å². The highest BCUT2D eigenvalue weighted by Crippen LogP contribution is 2.26. The summed E-state index contributed by atoms with van der Waals surface area (Å²) in [6.45, 7) is 2.16. The van der Waals surface area contributed by atoms with Crippen LogP contribution in [0.4, 0.5) is 8.78 Å². The van der Waals surface area contributed by atoms with Gasteiger partial charge in [0.15, 0.2) is 11.6 Å². The molecule has 1 aliphatic rings. The van der Waals surface area contributed by atoms with Gasteiger partial charge >= 0.3 is 0 Å². The van der Waals surface area contributed by atoms with Crippen molar-refractivity contribution in [3.63, 3.8) is 0 Å². The maximum absolute atomic E-state index is 13.0. The van der Waals surface area contributed by atoms with Gasteiger partial charge in [-0.1, -0.05) is 19.4 Å². The van der Waals surface area contributed by atoms with Crippen molar-refractivity contribution in [3.8, 4) is 0 Å². The van der Waals surface area contributed by atoms with E-state index in [4.69, 9.17) is 4.74 Å². The molecule has 2 rings (SSSR count). The van der Waals surface area contributed by atoms with Crippen molar-refractivity contribution in [2.24, 2.45) is 0 Å². The summed E-state index contributed by atoms with van der Waals surface area (Å²) in [7, 11) is 0. The fraction of sp³-hybridized carbons (Fsp3) is 0.600. The molecular formula is C15H20F2O. The molecule has 0 N–H and O–H groups in total. The Morgan fingerprint density at radius 1 is 1.11 bits per heavy atom. The largest absolute Gasteiger partial charge is 0.375 e. The van der Waals surface area contributed by atoms with Gasteiger partial charge in [-0.05, 0) is 49.8 Å². The van der Waals surface area contributed by atoms with Crippen LogP contribution in [0.5, 0.6) is 0 Å². The van der Waals surface area contributed by atoms with Crippen LogP contribution in [0, 0.1) is 11.6 Å². The van der Waals surface area contributed by atoms with Gasteiger partial charge in [0.25, 0.3) is 0 Å². The number of ether oxygens (including phenoxy) is 1. The van der Waals surface area contributed by atoms with E-state index in [1.165, 1.54) is 12.1 Å². The zero-order chi connectivity index (χ0) is 13.0. The Morgan fingerprint density at radius 3 is 2.50 bits per heavy atom.